The molecule has 0 bridgehead atoms. The second-order valence-electron chi connectivity index (χ2n) is 4.81. The smallest absolute Gasteiger partial charge is 0.126 e. The number of hydrogen-bond donors (Lipinski definition) is 1. The van der Waals surface area contributed by atoms with Crippen LogP contribution in [0.3, 0.4) is 0 Å². The van der Waals surface area contributed by atoms with E-state index in [1.165, 1.54) is 30.6 Å². The first-order valence-electron chi connectivity index (χ1n) is 6.76. The zero-order valence-corrected chi connectivity index (χ0v) is 11.6. The zero-order valence-electron chi connectivity index (χ0n) is 10.7. The first kappa shape index (κ1) is 12.0. The number of hydrogen-bond acceptors (Lipinski definition) is 3. The van der Waals surface area contributed by atoms with Gasteiger partial charge in [-0.3, -0.25) is 0 Å². The van der Waals surface area contributed by atoms with Gasteiger partial charge < -0.3 is 9.73 Å². The molecule has 1 N–H and O–H groups in total. The van der Waals surface area contributed by atoms with E-state index in [1.54, 1.807) is 16.7 Å². The summed E-state index contributed by atoms with van der Waals surface area (Å²) in [7, 11) is 0. The fourth-order valence-electron chi connectivity index (χ4n) is 2.66. The Morgan fingerprint density at radius 1 is 1.39 bits per heavy atom. The van der Waals surface area contributed by atoms with Crippen molar-refractivity contribution in [1.29, 1.82) is 0 Å². The van der Waals surface area contributed by atoms with E-state index >= 15 is 0 Å². The molecule has 18 heavy (non-hydrogen) atoms. The lowest BCUT2D eigenvalue weighted by Crippen LogP contribution is -2.20. The molecule has 2 aromatic rings. The van der Waals surface area contributed by atoms with E-state index in [4.69, 9.17) is 4.42 Å². The van der Waals surface area contributed by atoms with Crippen LogP contribution < -0.4 is 5.32 Å². The van der Waals surface area contributed by atoms with Gasteiger partial charge in [-0.1, -0.05) is 6.92 Å². The average molecular weight is 261 g/mol. The van der Waals surface area contributed by atoms with Crippen molar-refractivity contribution in [2.45, 2.75) is 38.6 Å². The summed E-state index contributed by atoms with van der Waals surface area (Å²) in [6.07, 6.45) is 6.96. The molecule has 1 aliphatic rings. The van der Waals surface area contributed by atoms with Gasteiger partial charge in [0, 0.05) is 9.75 Å². The van der Waals surface area contributed by atoms with Crippen molar-refractivity contribution in [3.8, 4) is 0 Å². The van der Waals surface area contributed by atoms with Gasteiger partial charge in [-0.15, -0.1) is 11.3 Å². The molecule has 0 saturated heterocycles. The maximum absolute atomic E-state index is 5.58. The molecule has 2 aromatic heterocycles. The Kier molecular flexibility index (Phi) is 3.52. The molecule has 1 aliphatic carbocycles. The summed E-state index contributed by atoms with van der Waals surface area (Å²) in [5.41, 5.74) is 1.57. The van der Waals surface area contributed by atoms with Gasteiger partial charge in [-0.2, -0.15) is 0 Å². The standard InChI is InChI=1S/C15H19NOS/c1-2-16-15(12-7-5-9-17-12)14-10-11-6-3-4-8-13(11)18-14/h5,7,9-10,15-16H,2-4,6,8H2,1H3. The summed E-state index contributed by atoms with van der Waals surface area (Å²) >= 11 is 1.96. The summed E-state index contributed by atoms with van der Waals surface area (Å²) in [6, 6.07) is 6.63. The monoisotopic (exact) mass is 261 g/mol. The number of rotatable bonds is 4. The van der Waals surface area contributed by atoms with Crippen molar-refractivity contribution < 1.29 is 4.42 Å². The molecule has 1 unspecified atom stereocenters. The van der Waals surface area contributed by atoms with Crippen LogP contribution in [0.15, 0.2) is 28.9 Å². The average Bonchev–Trinajstić information content (AvgIpc) is 3.04. The SMILES string of the molecule is CCNC(c1ccco1)c1cc2c(s1)CCCC2. The van der Waals surface area contributed by atoms with Crippen LogP contribution in [-0.4, -0.2) is 6.54 Å². The zero-order chi connectivity index (χ0) is 12.4. The maximum atomic E-state index is 5.58. The second kappa shape index (κ2) is 5.29. The number of nitrogens with one attached hydrogen (secondary N) is 1. The minimum absolute atomic E-state index is 0.223. The molecule has 1 atom stereocenters. The fraction of sp³-hybridized carbons (Fsp3) is 0.467. The molecule has 0 aromatic carbocycles. The third-order valence-corrected chi connectivity index (χ3v) is 4.84. The van der Waals surface area contributed by atoms with Crippen LogP contribution in [0.2, 0.25) is 0 Å². The summed E-state index contributed by atoms with van der Waals surface area (Å²) < 4.78 is 5.58. The molecular formula is C15H19NOS. The van der Waals surface area contributed by atoms with Crippen molar-refractivity contribution >= 4 is 11.3 Å². The first-order valence-corrected chi connectivity index (χ1v) is 7.58. The largest absolute Gasteiger partial charge is 0.467 e. The quantitative estimate of drug-likeness (QED) is 0.902. The van der Waals surface area contributed by atoms with Crippen LogP contribution in [0.5, 0.6) is 0 Å². The minimum atomic E-state index is 0.223. The Morgan fingerprint density at radius 2 is 2.28 bits per heavy atom. The molecule has 0 radical (unpaired) electrons. The topological polar surface area (TPSA) is 25.2 Å². The van der Waals surface area contributed by atoms with E-state index in [-0.39, 0.29) is 6.04 Å². The van der Waals surface area contributed by atoms with Crippen LogP contribution in [0, 0.1) is 0 Å². The van der Waals surface area contributed by atoms with Crippen molar-refractivity contribution in [3.05, 3.63) is 45.5 Å². The molecule has 0 saturated carbocycles. The molecule has 2 heterocycles. The minimum Gasteiger partial charge on any atom is -0.467 e. The Morgan fingerprint density at radius 3 is 3.00 bits per heavy atom. The van der Waals surface area contributed by atoms with E-state index in [0.717, 1.165) is 12.3 Å². The molecule has 3 rings (SSSR count). The fourth-order valence-corrected chi connectivity index (χ4v) is 4.00. The van der Waals surface area contributed by atoms with Crippen molar-refractivity contribution in [3.63, 3.8) is 0 Å². The highest BCUT2D eigenvalue weighted by Crippen LogP contribution is 2.35. The predicted molar refractivity (Wildman–Crippen MR) is 75.2 cm³/mol. The molecular weight excluding hydrogens is 242 g/mol. The molecule has 0 spiro atoms. The second-order valence-corrected chi connectivity index (χ2v) is 5.98. The van der Waals surface area contributed by atoms with Crippen molar-refractivity contribution in [1.82, 2.24) is 5.32 Å². The van der Waals surface area contributed by atoms with Gasteiger partial charge in [-0.25, -0.2) is 0 Å². The normalized spacial score (nSPS) is 16.5. The van der Waals surface area contributed by atoms with E-state index in [1.807, 2.05) is 17.4 Å². The van der Waals surface area contributed by atoms with Gasteiger partial charge in [-0.05, 0) is 56.0 Å². The maximum Gasteiger partial charge on any atom is 0.126 e. The van der Waals surface area contributed by atoms with Crippen LogP contribution in [0.1, 0.15) is 46.9 Å². The highest BCUT2D eigenvalue weighted by Gasteiger charge is 2.21. The summed E-state index contributed by atoms with van der Waals surface area (Å²) in [6.45, 7) is 3.09. The number of fused-ring (bicyclic) bond motifs is 1. The lowest BCUT2D eigenvalue weighted by atomic mass is 9.98. The number of thiophene rings is 1. The highest BCUT2D eigenvalue weighted by molar-refractivity contribution is 7.12. The molecule has 96 valence electrons. The third kappa shape index (κ3) is 2.25. The van der Waals surface area contributed by atoms with E-state index in [0.29, 0.717) is 0 Å². The van der Waals surface area contributed by atoms with Crippen molar-refractivity contribution in [2.75, 3.05) is 6.54 Å². The van der Waals surface area contributed by atoms with E-state index in [2.05, 4.69) is 24.4 Å². The summed E-state index contributed by atoms with van der Waals surface area (Å²) in [4.78, 5) is 2.99. The van der Waals surface area contributed by atoms with Gasteiger partial charge in [0.05, 0.1) is 6.26 Å². The number of aryl methyl sites for hydroxylation is 2. The summed E-state index contributed by atoms with van der Waals surface area (Å²) in [5.74, 6) is 1.02. The summed E-state index contributed by atoms with van der Waals surface area (Å²) in [5, 5.41) is 3.53. The molecule has 3 heteroatoms. The molecule has 0 fully saturated rings. The number of furan rings is 1. The highest BCUT2D eigenvalue weighted by atomic mass is 32.1. The molecule has 0 aliphatic heterocycles. The lowest BCUT2D eigenvalue weighted by Gasteiger charge is -2.13. The van der Waals surface area contributed by atoms with Gasteiger partial charge in [0.15, 0.2) is 0 Å². The van der Waals surface area contributed by atoms with Gasteiger partial charge in [0.1, 0.15) is 11.8 Å². The van der Waals surface area contributed by atoms with Crippen molar-refractivity contribution in [2.24, 2.45) is 0 Å². The first-order chi connectivity index (χ1) is 8.88. The Labute approximate surface area is 112 Å². The Hall–Kier alpha value is -1.06. The van der Waals surface area contributed by atoms with Crippen LogP contribution in [0.4, 0.5) is 0 Å². The third-order valence-electron chi connectivity index (χ3n) is 3.54. The Balaban J connectivity index is 1.92. The van der Waals surface area contributed by atoms with Gasteiger partial charge >= 0.3 is 0 Å². The van der Waals surface area contributed by atoms with Gasteiger partial charge in [0.25, 0.3) is 0 Å². The molecule has 2 nitrogen and oxygen atoms in total. The van der Waals surface area contributed by atoms with Crippen LogP contribution >= 0.6 is 11.3 Å². The van der Waals surface area contributed by atoms with E-state index < -0.39 is 0 Å². The lowest BCUT2D eigenvalue weighted by molar-refractivity contribution is 0.455. The Bertz CT molecular complexity index is 477. The van der Waals surface area contributed by atoms with E-state index in [9.17, 15) is 0 Å². The van der Waals surface area contributed by atoms with Gasteiger partial charge in [0.2, 0.25) is 0 Å². The predicted octanol–water partition coefficient (Wildman–Crippen LogP) is 3.92. The van der Waals surface area contributed by atoms with Crippen LogP contribution in [-0.2, 0) is 12.8 Å². The molecule has 0 amide bonds. The van der Waals surface area contributed by atoms with Crippen LogP contribution in [0.25, 0.3) is 0 Å².